The minimum absolute atomic E-state index is 0. The third-order valence-electron chi connectivity index (χ3n) is 2.21. The maximum atomic E-state index is 11.7. The molecule has 1 rings (SSSR count). The van der Waals surface area contributed by atoms with Crippen LogP contribution < -0.4 is 0 Å². The van der Waals surface area contributed by atoms with Gasteiger partial charge in [-0.15, -0.1) is 0 Å². The Bertz CT molecular complexity index is 495. The molecule has 0 amide bonds. The van der Waals surface area contributed by atoms with Gasteiger partial charge < -0.3 is 8.92 Å². The summed E-state index contributed by atoms with van der Waals surface area (Å²) >= 11 is 0. The van der Waals surface area contributed by atoms with E-state index in [1.54, 1.807) is 12.1 Å². The molecule has 0 aliphatic heterocycles. The van der Waals surface area contributed by atoms with Crippen LogP contribution >= 0.6 is 0 Å². The van der Waals surface area contributed by atoms with Gasteiger partial charge in [0.15, 0.2) is 0 Å². The normalized spacial score (nSPS) is 10.4. The number of carbonyl (C=O) groups excluding carboxylic acids is 1. The molecule has 0 bridgehead atoms. The van der Waals surface area contributed by atoms with Gasteiger partial charge in [-0.1, -0.05) is 31.0 Å². The molecule has 0 radical (unpaired) electrons. The third kappa shape index (κ3) is 6.15. The van der Waals surface area contributed by atoms with Crippen LogP contribution in [0, 0.1) is 6.92 Å². The molecule has 0 unspecified atom stereocenters. The van der Waals surface area contributed by atoms with E-state index >= 15 is 0 Å². The van der Waals surface area contributed by atoms with Crippen molar-refractivity contribution in [2.75, 3.05) is 6.61 Å². The van der Waals surface area contributed by atoms with Gasteiger partial charge in [0.1, 0.15) is 4.90 Å². The summed E-state index contributed by atoms with van der Waals surface area (Å²) in [4.78, 5) is 11.1. The van der Waals surface area contributed by atoms with Gasteiger partial charge in [-0.25, -0.2) is 4.79 Å². The van der Waals surface area contributed by atoms with Crippen molar-refractivity contribution >= 4 is 35.1 Å². The van der Waals surface area contributed by atoms with E-state index in [0.717, 1.165) is 12.0 Å². The zero-order valence-corrected chi connectivity index (χ0v) is 11.2. The van der Waals surface area contributed by atoms with E-state index < -0.39 is 16.3 Å². The zero-order valence-electron chi connectivity index (χ0n) is 10.4. The first kappa shape index (κ1) is 18.0. The summed E-state index contributed by atoms with van der Waals surface area (Å²) < 4.78 is 32.3. The Morgan fingerprint density at radius 2 is 1.79 bits per heavy atom. The third-order valence-corrected chi connectivity index (χ3v) is 3.41. The Balaban J connectivity index is 0.00000324. The number of hydrogen-bond acceptors (Lipinski definition) is 5. The molecule has 5 nitrogen and oxygen atoms in total. The number of carbonyl (C=O) groups is 1. The number of ether oxygens (including phenoxy) is 1. The predicted octanol–water partition coefficient (Wildman–Crippen LogP) is 1.99. The van der Waals surface area contributed by atoms with E-state index in [-0.39, 0.29) is 30.4 Å². The summed E-state index contributed by atoms with van der Waals surface area (Å²) in [5.74, 6) is 0. The molecule has 0 spiro atoms. The van der Waals surface area contributed by atoms with E-state index in [9.17, 15) is 13.2 Å². The van der Waals surface area contributed by atoms with Crippen LogP contribution in [-0.2, 0) is 19.0 Å². The van der Waals surface area contributed by atoms with Crippen LogP contribution in [0.5, 0.6) is 0 Å². The maximum absolute atomic E-state index is 11.7. The van der Waals surface area contributed by atoms with Crippen molar-refractivity contribution in [3.63, 3.8) is 0 Å². The fraction of sp³-hybridized carbons (Fsp3) is 0.417. The van der Waals surface area contributed by atoms with Crippen molar-refractivity contribution in [3.05, 3.63) is 29.8 Å². The molecule has 0 aromatic heterocycles. The van der Waals surface area contributed by atoms with Gasteiger partial charge in [-0.2, -0.15) is 8.42 Å². The zero-order chi connectivity index (χ0) is 13.6. The summed E-state index contributed by atoms with van der Waals surface area (Å²) in [5, 5.41) is 0. The van der Waals surface area contributed by atoms with Crippen LogP contribution in [0.3, 0.4) is 0 Å². The average Bonchev–Trinajstić information content (AvgIpc) is 2.29. The molecule has 0 fully saturated rings. The van der Waals surface area contributed by atoms with Crippen LogP contribution in [0.25, 0.3) is 0 Å². The summed E-state index contributed by atoms with van der Waals surface area (Å²) in [6, 6.07) is 6.01. The van der Waals surface area contributed by atoms with Gasteiger partial charge in [0, 0.05) is 0 Å². The second kappa shape index (κ2) is 8.26. The number of rotatable bonds is 5. The molecule has 19 heavy (non-hydrogen) atoms. The van der Waals surface area contributed by atoms with Crippen molar-refractivity contribution < 1.29 is 22.1 Å². The molecule has 0 aliphatic rings. The van der Waals surface area contributed by atoms with Crippen LogP contribution in [0.15, 0.2) is 29.2 Å². The molecule has 0 aliphatic carbocycles. The summed E-state index contributed by atoms with van der Waals surface area (Å²) in [7, 11) is -4.09. The molecule has 102 valence electrons. The number of unbranched alkanes of at least 4 members (excludes halogenated alkanes) is 1. The Morgan fingerprint density at radius 3 is 2.32 bits per heavy atom. The van der Waals surface area contributed by atoms with Gasteiger partial charge in [-0.05, 0) is 25.5 Å². The van der Waals surface area contributed by atoms with E-state index in [4.69, 9.17) is 0 Å². The van der Waals surface area contributed by atoms with Crippen molar-refractivity contribution in [3.8, 4) is 0 Å². The second-order valence-electron chi connectivity index (χ2n) is 3.80. The van der Waals surface area contributed by atoms with Gasteiger partial charge in [0.2, 0.25) is 0 Å². The van der Waals surface area contributed by atoms with Crippen molar-refractivity contribution in [1.82, 2.24) is 0 Å². The first-order chi connectivity index (χ1) is 8.45. The standard InChI is InChI=1S/C12H16O5S.Li.H/c1-3-4-9-16-12(13)17-18(14,15)11-7-5-10(2)6-8-11;;/h5-8H,3-4,9H2,1-2H3;;. The van der Waals surface area contributed by atoms with Crippen LogP contribution in [0.1, 0.15) is 25.3 Å². The quantitative estimate of drug-likeness (QED) is 0.357. The van der Waals surface area contributed by atoms with Crippen molar-refractivity contribution in [2.24, 2.45) is 0 Å². The SMILES string of the molecule is CCCCOC(=O)OS(=O)(=O)c1ccc(C)cc1.[LiH]. The average molecular weight is 280 g/mol. The van der Waals surface area contributed by atoms with Crippen molar-refractivity contribution in [2.45, 2.75) is 31.6 Å². The first-order valence-corrected chi connectivity index (χ1v) is 7.04. The van der Waals surface area contributed by atoms with Crippen molar-refractivity contribution in [1.29, 1.82) is 0 Å². The fourth-order valence-corrected chi connectivity index (χ4v) is 1.96. The topological polar surface area (TPSA) is 69.7 Å². The first-order valence-electron chi connectivity index (χ1n) is 5.63. The summed E-state index contributed by atoms with van der Waals surface area (Å²) in [6.07, 6.45) is 0.321. The summed E-state index contributed by atoms with van der Waals surface area (Å²) in [6.45, 7) is 3.91. The molecule has 7 heteroatoms. The second-order valence-corrected chi connectivity index (χ2v) is 5.35. The molecule has 0 saturated heterocycles. The Hall–Kier alpha value is -0.963. The van der Waals surface area contributed by atoms with E-state index in [0.29, 0.717) is 6.42 Å². The van der Waals surface area contributed by atoms with Crippen LogP contribution in [0.2, 0.25) is 0 Å². The van der Waals surface area contributed by atoms with E-state index in [1.165, 1.54) is 12.1 Å². The predicted molar refractivity (Wildman–Crippen MR) is 72.9 cm³/mol. The Kier molecular flexibility index (Phi) is 7.84. The summed E-state index contributed by atoms with van der Waals surface area (Å²) in [5.41, 5.74) is 0.916. The van der Waals surface area contributed by atoms with Gasteiger partial charge >= 0.3 is 35.1 Å². The fourth-order valence-electron chi connectivity index (χ4n) is 1.17. The molecular weight excluding hydrogens is 263 g/mol. The Morgan fingerprint density at radius 1 is 1.21 bits per heavy atom. The van der Waals surface area contributed by atoms with E-state index in [2.05, 4.69) is 8.92 Å². The van der Waals surface area contributed by atoms with E-state index in [1.807, 2.05) is 13.8 Å². The molecule has 1 aromatic rings. The molecule has 0 saturated carbocycles. The van der Waals surface area contributed by atoms with Gasteiger partial charge in [0.05, 0.1) is 6.61 Å². The van der Waals surface area contributed by atoms with Crippen LogP contribution in [0.4, 0.5) is 4.79 Å². The monoisotopic (exact) mass is 280 g/mol. The Labute approximate surface area is 125 Å². The molecule has 0 heterocycles. The molecule has 1 aromatic carbocycles. The number of benzene rings is 1. The number of hydrogen-bond donors (Lipinski definition) is 0. The minimum atomic E-state index is -4.09. The number of aryl methyl sites for hydroxylation is 1. The van der Waals surface area contributed by atoms with Crippen LogP contribution in [-0.4, -0.2) is 40.0 Å². The van der Waals surface area contributed by atoms with Gasteiger partial charge in [-0.3, -0.25) is 0 Å². The molecular formula is C12H17LiO5S. The van der Waals surface area contributed by atoms with Gasteiger partial charge in [0.25, 0.3) is 0 Å². The molecule has 0 atom stereocenters. The molecule has 0 N–H and O–H groups in total.